The average molecular weight is 443 g/mol. The molecular formula is C24H38N6O2. The molecule has 4 rings (SSSR count). The first-order chi connectivity index (χ1) is 15.4. The summed E-state index contributed by atoms with van der Waals surface area (Å²) in [6.45, 7) is 2.16. The van der Waals surface area contributed by atoms with Crippen molar-refractivity contribution in [3.8, 4) is 5.75 Å². The van der Waals surface area contributed by atoms with Crippen molar-refractivity contribution in [2.24, 2.45) is 23.4 Å². The Morgan fingerprint density at radius 1 is 1.19 bits per heavy atom. The number of likely N-dealkylation sites (N-methyl/N-ethyl adjacent to an activating group) is 1. The molecule has 6 N–H and O–H groups in total. The van der Waals surface area contributed by atoms with Gasteiger partial charge in [-0.15, -0.1) is 0 Å². The van der Waals surface area contributed by atoms with Crippen LogP contribution in [-0.4, -0.2) is 41.8 Å². The summed E-state index contributed by atoms with van der Waals surface area (Å²) in [7, 11) is 1.71. The first-order valence-corrected chi connectivity index (χ1v) is 12.1. The highest BCUT2D eigenvalue weighted by Gasteiger charge is 2.40. The minimum absolute atomic E-state index is 0.171. The molecule has 0 aromatic carbocycles. The number of hydrogen-bond donors (Lipinski definition) is 4. The summed E-state index contributed by atoms with van der Waals surface area (Å²) in [5, 5.41) is 7.49. The Labute approximate surface area is 191 Å². The minimum atomic E-state index is -0.171. The van der Waals surface area contributed by atoms with Gasteiger partial charge in [-0.1, -0.05) is 12.8 Å². The van der Waals surface area contributed by atoms with Gasteiger partial charge < -0.3 is 26.1 Å². The van der Waals surface area contributed by atoms with Gasteiger partial charge in [0.15, 0.2) is 0 Å². The number of ether oxygens (including phenoxy) is 1. The van der Waals surface area contributed by atoms with E-state index in [9.17, 15) is 4.79 Å². The van der Waals surface area contributed by atoms with Gasteiger partial charge in [-0.05, 0) is 75.8 Å². The molecule has 0 radical (unpaired) electrons. The second-order valence-electron chi connectivity index (χ2n) is 9.74. The third-order valence-electron chi connectivity index (χ3n) is 7.37. The van der Waals surface area contributed by atoms with Crippen LogP contribution in [0.3, 0.4) is 0 Å². The Kier molecular flexibility index (Phi) is 7.08. The lowest BCUT2D eigenvalue weighted by atomic mass is 9.95. The van der Waals surface area contributed by atoms with Crippen LogP contribution < -0.4 is 26.9 Å². The van der Waals surface area contributed by atoms with Gasteiger partial charge in [0.25, 0.3) is 0 Å². The van der Waals surface area contributed by atoms with Gasteiger partial charge in [0.05, 0.1) is 35.4 Å². The van der Waals surface area contributed by atoms with Crippen molar-refractivity contribution in [2.45, 2.75) is 76.9 Å². The number of urea groups is 1. The Morgan fingerprint density at radius 3 is 2.59 bits per heavy atom. The summed E-state index contributed by atoms with van der Waals surface area (Å²) in [6.07, 6.45) is 11.1. The van der Waals surface area contributed by atoms with Crippen molar-refractivity contribution in [3.63, 3.8) is 0 Å². The van der Waals surface area contributed by atoms with Crippen LogP contribution in [-0.2, 0) is 0 Å². The Hall–Kier alpha value is -2.48. The molecule has 3 saturated carbocycles. The molecular weight excluding hydrogens is 404 g/mol. The van der Waals surface area contributed by atoms with Crippen molar-refractivity contribution in [1.82, 2.24) is 20.6 Å². The third kappa shape index (κ3) is 5.28. The molecule has 32 heavy (non-hydrogen) atoms. The van der Waals surface area contributed by atoms with E-state index < -0.39 is 0 Å². The maximum atomic E-state index is 12.5. The van der Waals surface area contributed by atoms with Crippen molar-refractivity contribution in [1.29, 1.82) is 0 Å². The van der Waals surface area contributed by atoms with E-state index in [2.05, 4.69) is 15.6 Å². The number of carbonyl (C=O) groups is 1. The van der Waals surface area contributed by atoms with Crippen LogP contribution in [0.5, 0.6) is 5.75 Å². The summed E-state index contributed by atoms with van der Waals surface area (Å²) in [5.74, 6) is 8.25. The molecule has 8 nitrogen and oxygen atoms in total. The Morgan fingerprint density at radius 2 is 1.97 bits per heavy atom. The zero-order valence-electron chi connectivity index (χ0n) is 19.4. The van der Waals surface area contributed by atoms with Crippen LogP contribution in [0.25, 0.3) is 5.70 Å². The number of carbonyl (C=O) groups excluding carboxylic acids is 1. The lowest BCUT2D eigenvalue weighted by Gasteiger charge is -2.25. The van der Waals surface area contributed by atoms with E-state index in [0.29, 0.717) is 23.0 Å². The van der Waals surface area contributed by atoms with Crippen LogP contribution >= 0.6 is 0 Å². The van der Waals surface area contributed by atoms with Crippen molar-refractivity contribution < 1.29 is 9.53 Å². The van der Waals surface area contributed by atoms with E-state index in [-0.39, 0.29) is 24.7 Å². The first-order valence-electron chi connectivity index (χ1n) is 12.1. The van der Waals surface area contributed by atoms with E-state index in [1.807, 2.05) is 19.1 Å². The van der Waals surface area contributed by atoms with E-state index in [1.54, 1.807) is 7.05 Å². The largest absolute Gasteiger partial charge is 0.489 e. The number of nitrogens with one attached hydrogen (secondary N) is 2. The van der Waals surface area contributed by atoms with E-state index in [0.717, 1.165) is 36.6 Å². The number of amides is 2. The predicted molar refractivity (Wildman–Crippen MR) is 125 cm³/mol. The summed E-state index contributed by atoms with van der Waals surface area (Å²) < 4.78 is 6.17. The van der Waals surface area contributed by atoms with Gasteiger partial charge in [-0.2, -0.15) is 0 Å². The van der Waals surface area contributed by atoms with E-state index in [4.69, 9.17) is 16.3 Å². The highest BCUT2D eigenvalue weighted by atomic mass is 16.5. The normalized spacial score (nSPS) is 25.9. The standard InChI is InChI=1S/C24H38N6O2/c1-15-22(32-18-6-4-3-5-7-18)11-10-19(28-15)23(25)21(30(2)26)14-27-24(31)29-20-13-16-8-9-17(20)12-16/h10-11,16-18,20H,3-9,12-14,25-26H2,1-2H3,(H2,27,29,31)/b23-21-. The molecule has 1 heterocycles. The van der Waals surface area contributed by atoms with Crippen LogP contribution in [0, 0.1) is 18.8 Å². The fourth-order valence-corrected chi connectivity index (χ4v) is 5.55. The Balaban J connectivity index is 1.38. The third-order valence-corrected chi connectivity index (χ3v) is 7.37. The average Bonchev–Trinajstić information content (AvgIpc) is 3.39. The number of nitrogens with two attached hydrogens (primary N) is 2. The van der Waals surface area contributed by atoms with Gasteiger partial charge in [-0.25, -0.2) is 15.6 Å². The predicted octanol–water partition coefficient (Wildman–Crippen LogP) is 3.02. The molecule has 2 bridgehead atoms. The van der Waals surface area contributed by atoms with Gasteiger partial charge in [0, 0.05) is 13.1 Å². The molecule has 0 aliphatic heterocycles. The number of aromatic nitrogens is 1. The summed E-state index contributed by atoms with van der Waals surface area (Å²) in [4.78, 5) is 17.1. The molecule has 3 aliphatic carbocycles. The molecule has 176 valence electrons. The molecule has 1 aromatic rings. The van der Waals surface area contributed by atoms with Crippen LogP contribution in [0.4, 0.5) is 4.79 Å². The smallest absolute Gasteiger partial charge is 0.315 e. The molecule has 2 amide bonds. The summed E-state index contributed by atoms with van der Waals surface area (Å²) >= 11 is 0. The topological polar surface area (TPSA) is 119 Å². The number of fused-ring (bicyclic) bond motifs is 2. The summed E-state index contributed by atoms with van der Waals surface area (Å²) in [5.41, 5.74) is 8.91. The molecule has 3 aliphatic rings. The number of nitrogens with zero attached hydrogens (tertiary/aromatic N) is 2. The van der Waals surface area contributed by atoms with Crippen molar-refractivity contribution in [2.75, 3.05) is 13.6 Å². The van der Waals surface area contributed by atoms with Gasteiger partial charge in [0.1, 0.15) is 5.75 Å². The number of hydrazine groups is 1. The second kappa shape index (κ2) is 9.98. The molecule has 3 unspecified atom stereocenters. The monoisotopic (exact) mass is 442 g/mol. The van der Waals surface area contributed by atoms with Crippen LogP contribution in [0.2, 0.25) is 0 Å². The summed E-state index contributed by atoms with van der Waals surface area (Å²) in [6, 6.07) is 3.91. The Bertz CT molecular complexity index is 849. The number of aryl methyl sites for hydroxylation is 1. The number of pyridine rings is 1. The molecule has 1 aromatic heterocycles. The van der Waals surface area contributed by atoms with Crippen molar-refractivity contribution in [3.05, 3.63) is 29.2 Å². The van der Waals surface area contributed by atoms with Crippen LogP contribution in [0.15, 0.2) is 17.8 Å². The lowest BCUT2D eigenvalue weighted by molar-refractivity contribution is 0.153. The fourth-order valence-electron chi connectivity index (χ4n) is 5.55. The highest BCUT2D eigenvalue weighted by Crippen LogP contribution is 2.44. The van der Waals surface area contributed by atoms with Gasteiger partial charge in [-0.3, -0.25) is 0 Å². The quantitative estimate of drug-likeness (QED) is 0.381. The molecule has 0 saturated heterocycles. The van der Waals surface area contributed by atoms with E-state index in [1.165, 1.54) is 43.5 Å². The van der Waals surface area contributed by atoms with E-state index >= 15 is 0 Å². The van der Waals surface area contributed by atoms with Gasteiger partial charge in [0.2, 0.25) is 0 Å². The first kappa shape index (κ1) is 22.7. The maximum absolute atomic E-state index is 12.5. The SMILES string of the molecule is Cc1nc(/C(N)=C(\CNC(=O)NC2CC3CCC2C3)N(C)N)ccc1OC1CCCCC1. The molecule has 8 heteroatoms. The second-order valence-corrected chi connectivity index (χ2v) is 9.74. The number of rotatable bonds is 7. The molecule has 3 fully saturated rings. The van der Waals surface area contributed by atoms with Crippen LogP contribution in [0.1, 0.15) is 69.2 Å². The fraction of sp³-hybridized carbons (Fsp3) is 0.667. The zero-order valence-corrected chi connectivity index (χ0v) is 19.4. The minimum Gasteiger partial charge on any atom is -0.489 e. The molecule has 0 spiro atoms. The van der Waals surface area contributed by atoms with Crippen molar-refractivity contribution >= 4 is 11.7 Å². The highest BCUT2D eigenvalue weighted by molar-refractivity contribution is 5.75. The maximum Gasteiger partial charge on any atom is 0.315 e. The number of hydrogen-bond acceptors (Lipinski definition) is 6. The zero-order chi connectivity index (χ0) is 22.7. The van der Waals surface area contributed by atoms with Gasteiger partial charge >= 0.3 is 6.03 Å². The lowest BCUT2D eigenvalue weighted by Crippen LogP contribution is -2.46. The molecule has 3 atom stereocenters.